The summed E-state index contributed by atoms with van der Waals surface area (Å²) in [6.45, 7) is 7.14. The number of aliphatic hydroxyl groups excluding tert-OH is 2. The molecule has 2 heterocycles. The Morgan fingerprint density at radius 2 is 1.68 bits per heavy atom. The molecule has 0 aromatic heterocycles. The van der Waals surface area contributed by atoms with E-state index in [1.54, 1.807) is 13.8 Å². The molecule has 2 aliphatic heterocycles. The second-order valence-corrected chi connectivity index (χ2v) is 8.44. The van der Waals surface area contributed by atoms with Crippen LogP contribution in [0.4, 0.5) is 0 Å². The van der Waals surface area contributed by atoms with E-state index in [0.717, 1.165) is 12.8 Å². The number of fused-ring (bicyclic) bond motifs is 2. The van der Waals surface area contributed by atoms with Crippen molar-refractivity contribution in [3.05, 3.63) is 0 Å². The molecule has 0 aromatic rings. The van der Waals surface area contributed by atoms with Crippen LogP contribution in [-0.4, -0.2) is 58.8 Å². The summed E-state index contributed by atoms with van der Waals surface area (Å²) >= 11 is 0. The lowest BCUT2D eigenvalue weighted by Crippen LogP contribution is -2.33. The zero-order chi connectivity index (χ0) is 20.8. The molecule has 28 heavy (non-hydrogen) atoms. The maximum atomic E-state index is 12.7. The van der Waals surface area contributed by atoms with E-state index in [0.29, 0.717) is 25.7 Å². The quantitative estimate of drug-likeness (QED) is 0.701. The number of hydrogen-bond donors (Lipinski definition) is 2. The van der Waals surface area contributed by atoms with E-state index in [1.165, 1.54) is 0 Å². The summed E-state index contributed by atoms with van der Waals surface area (Å²) in [6.07, 6.45) is 1.09. The molecule has 2 fully saturated rings. The number of carbonyl (C=O) groups is 2. The van der Waals surface area contributed by atoms with Crippen molar-refractivity contribution in [2.75, 3.05) is 0 Å². The molecule has 0 saturated carbocycles. The fourth-order valence-corrected chi connectivity index (χ4v) is 3.88. The first-order valence-electron chi connectivity index (χ1n) is 10.6. The maximum Gasteiger partial charge on any atom is 0.311 e. The zero-order valence-corrected chi connectivity index (χ0v) is 17.5. The topological polar surface area (TPSA) is 102 Å². The fourth-order valence-electron chi connectivity index (χ4n) is 3.88. The summed E-state index contributed by atoms with van der Waals surface area (Å²) in [6, 6.07) is 0. The Bertz CT molecular complexity index is 523. The van der Waals surface area contributed by atoms with Gasteiger partial charge in [0, 0.05) is 12.8 Å². The molecule has 7 heteroatoms. The molecule has 0 amide bonds. The van der Waals surface area contributed by atoms with Gasteiger partial charge in [-0.15, -0.1) is 0 Å². The minimum atomic E-state index is -0.894. The molecule has 0 unspecified atom stereocenters. The fraction of sp³-hybridized carbons (Fsp3) is 0.905. The SMILES string of the molecule is CC[C@H](O)C[C@@H]1CC[C@H](O)[C@@H](C)C(=O)O[C@@H](C)C[C@@H]2CC[C@@H](O2)[C@@H](C)C(=O)O1. The number of rotatable bonds is 3. The van der Waals surface area contributed by atoms with E-state index in [-0.39, 0.29) is 30.7 Å². The first kappa shape index (κ1) is 23.1. The molecule has 2 N–H and O–H groups in total. The van der Waals surface area contributed by atoms with E-state index in [2.05, 4.69) is 0 Å². The van der Waals surface area contributed by atoms with E-state index in [1.807, 2.05) is 13.8 Å². The van der Waals surface area contributed by atoms with Crippen molar-refractivity contribution >= 4 is 11.9 Å². The summed E-state index contributed by atoms with van der Waals surface area (Å²) in [5.41, 5.74) is 0. The van der Waals surface area contributed by atoms with Gasteiger partial charge in [-0.05, 0) is 52.9 Å². The van der Waals surface area contributed by atoms with Crippen LogP contribution in [0, 0.1) is 11.8 Å². The van der Waals surface area contributed by atoms with Gasteiger partial charge in [-0.2, -0.15) is 0 Å². The molecule has 0 spiro atoms. The van der Waals surface area contributed by atoms with Crippen molar-refractivity contribution in [3.8, 4) is 0 Å². The number of esters is 2. The predicted octanol–water partition coefficient (Wildman–Crippen LogP) is 2.36. The van der Waals surface area contributed by atoms with Crippen molar-refractivity contribution in [3.63, 3.8) is 0 Å². The van der Waals surface area contributed by atoms with Gasteiger partial charge in [0.15, 0.2) is 0 Å². The summed E-state index contributed by atoms with van der Waals surface area (Å²) in [7, 11) is 0. The highest BCUT2D eigenvalue weighted by Crippen LogP contribution is 2.30. The van der Waals surface area contributed by atoms with Gasteiger partial charge in [0.25, 0.3) is 0 Å². The Kier molecular flexibility index (Phi) is 8.71. The summed E-state index contributed by atoms with van der Waals surface area (Å²) < 4.78 is 17.2. The zero-order valence-electron chi connectivity index (χ0n) is 17.5. The molecular formula is C21H36O7. The Morgan fingerprint density at radius 1 is 1.00 bits per heavy atom. The minimum absolute atomic E-state index is 0.0638. The third-order valence-corrected chi connectivity index (χ3v) is 6.00. The van der Waals surface area contributed by atoms with Crippen molar-refractivity contribution in [1.82, 2.24) is 0 Å². The number of cyclic esters (lactones) is 2. The van der Waals surface area contributed by atoms with Gasteiger partial charge in [-0.3, -0.25) is 9.59 Å². The largest absolute Gasteiger partial charge is 0.462 e. The molecule has 0 radical (unpaired) electrons. The summed E-state index contributed by atoms with van der Waals surface area (Å²) in [5, 5.41) is 20.4. The standard InChI is InChI=1S/C21H36O7/c1-5-15(22)11-17-6-8-18(23)13(3)20(24)26-12(2)10-16-7-9-19(27-16)14(4)21(25)28-17/h12-19,22-23H,5-11H2,1-4H3/t12-,13+,14+,15-,16-,17-,18-,19+/m0/s1. The second-order valence-electron chi connectivity index (χ2n) is 8.44. The van der Waals surface area contributed by atoms with Gasteiger partial charge in [0.2, 0.25) is 0 Å². The lowest BCUT2D eigenvalue weighted by atomic mass is 9.96. The Labute approximate surface area is 167 Å². The van der Waals surface area contributed by atoms with Crippen molar-refractivity contribution in [2.24, 2.45) is 11.8 Å². The van der Waals surface area contributed by atoms with Crippen LogP contribution in [0.3, 0.4) is 0 Å². The van der Waals surface area contributed by atoms with Crippen molar-refractivity contribution in [1.29, 1.82) is 0 Å². The normalized spacial score (nSPS) is 39.4. The average Bonchev–Trinajstić information content (AvgIpc) is 3.11. The number of ether oxygens (including phenoxy) is 3. The molecule has 0 aromatic carbocycles. The third-order valence-electron chi connectivity index (χ3n) is 6.00. The molecule has 162 valence electrons. The van der Waals surface area contributed by atoms with Gasteiger partial charge in [0.1, 0.15) is 12.2 Å². The summed E-state index contributed by atoms with van der Waals surface area (Å²) in [5.74, 6) is -1.84. The second kappa shape index (κ2) is 10.6. The highest BCUT2D eigenvalue weighted by atomic mass is 16.6. The molecule has 2 aliphatic rings. The molecule has 0 aliphatic carbocycles. The first-order valence-corrected chi connectivity index (χ1v) is 10.6. The third kappa shape index (κ3) is 6.42. The average molecular weight is 401 g/mol. The van der Waals surface area contributed by atoms with Gasteiger partial charge in [-0.25, -0.2) is 0 Å². The van der Waals surface area contributed by atoms with Gasteiger partial charge in [-0.1, -0.05) is 6.92 Å². The lowest BCUT2D eigenvalue weighted by Gasteiger charge is -2.25. The molecule has 2 bridgehead atoms. The Balaban J connectivity index is 2.15. The molecule has 2 rings (SSSR count). The Morgan fingerprint density at radius 3 is 2.36 bits per heavy atom. The van der Waals surface area contributed by atoms with Crippen LogP contribution in [0.1, 0.15) is 72.6 Å². The molecule has 7 nitrogen and oxygen atoms in total. The summed E-state index contributed by atoms with van der Waals surface area (Å²) in [4.78, 5) is 25.0. The van der Waals surface area contributed by atoms with Crippen LogP contribution >= 0.6 is 0 Å². The van der Waals surface area contributed by atoms with E-state index in [4.69, 9.17) is 14.2 Å². The lowest BCUT2D eigenvalue weighted by molar-refractivity contribution is -0.160. The van der Waals surface area contributed by atoms with E-state index >= 15 is 0 Å². The van der Waals surface area contributed by atoms with Crippen LogP contribution < -0.4 is 0 Å². The van der Waals surface area contributed by atoms with E-state index < -0.39 is 36.1 Å². The van der Waals surface area contributed by atoms with E-state index in [9.17, 15) is 19.8 Å². The first-order chi connectivity index (χ1) is 13.2. The predicted molar refractivity (Wildman–Crippen MR) is 102 cm³/mol. The number of aliphatic hydroxyl groups is 2. The smallest absolute Gasteiger partial charge is 0.311 e. The highest BCUT2D eigenvalue weighted by Gasteiger charge is 2.37. The molecular weight excluding hydrogens is 364 g/mol. The van der Waals surface area contributed by atoms with Crippen molar-refractivity contribution in [2.45, 2.75) is 109 Å². The van der Waals surface area contributed by atoms with Crippen molar-refractivity contribution < 1.29 is 34.0 Å². The molecule has 8 atom stereocenters. The van der Waals surface area contributed by atoms with Crippen LogP contribution in [0.5, 0.6) is 0 Å². The highest BCUT2D eigenvalue weighted by molar-refractivity contribution is 5.73. The van der Waals surface area contributed by atoms with Crippen LogP contribution in [0.2, 0.25) is 0 Å². The number of hydrogen-bond acceptors (Lipinski definition) is 7. The van der Waals surface area contributed by atoms with Gasteiger partial charge >= 0.3 is 11.9 Å². The molecule has 2 saturated heterocycles. The minimum Gasteiger partial charge on any atom is -0.462 e. The van der Waals surface area contributed by atoms with Gasteiger partial charge in [0.05, 0.1) is 36.3 Å². The van der Waals surface area contributed by atoms with Crippen LogP contribution in [0.25, 0.3) is 0 Å². The van der Waals surface area contributed by atoms with Gasteiger partial charge < -0.3 is 24.4 Å². The number of carbonyl (C=O) groups excluding carboxylic acids is 2. The van der Waals surface area contributed by atoms with Crippen LogP contribution in [-0.2, 0) is 23.8 Å². The Hall–Kier alpha value is -1.18. The van der Waals surface area contributed by atoms with Crippen LogP contribution in [0.15, 0.2) is 0 Å². The monoisotopic (exact) mass is 400 g/mol. The maximum absolute atomic E-state index is 12.7.